The zero-order chi connectivity index (χ0) is 21.7. The van der Waals surface area contributed by atoms with Crippen LogP contribution in [-0.4, -0.2) is 49.6 Å². The summed E-state index contributed by atoms with van der Waals surface area (Å²) in [4.78, 5) is 39.1. The Morgan fingerprint density at radius 1 is 1.13 bits per heavy atom. The zero-order valence-corrected chi connectivity index (χ0v) is 16.8. The predicted octanol–water partition coefficient (Wildman–Crippen LogP) is 2.99. The van der Waals surface area contributed by atoms with E-state index in [1.807, 2.05) is 24.3 Å². The van der Waals surface area contributed by atoms with Crippen molar-refractivity contribution in [2.45, 2.75) is 13.3 Å². The highest BCUT2D eigenvalue weighted by atomic mass is 16.5. The van der Waals surface area contributed by atoms with Gasteiger partial charge >= 0.3 is 12.0 Å². The van der Waals surface area contributed by atoms with Crippen molar-refractivity contribution in [2.75, 3.05) is 37.0 Å². The first-order chi connectivity index (χ1) is 14.4. The Morgan fingerprint density at radius 3 is 2.47 bits per heavy atom. The van der Waals surface area contributed by atoms with E-state index in [1.54, 1.807) is 28.0 Å². The number of nitriles is 1. The van der Waals surface area contributed by atoms with Crippen LogP contribution in [0.1, 0.15) is 18.9 Å². The molecule has 30 heavy (non-hydrogen) atoms. The first-order valence-electron chi connectivity index (χ1n) is 9.48. The lowest BCUT2D eigenvalue weighted by atomic mass is 10.0. The number of amides is 3. The molecule has 8 nitrogen and oxygen atoms in total. The van der Waals surface area contributed by atoms with Crippen molar-refractivity contribution < 1.29 is 19.1 Å². The van der Waals surface area contributed by atoms with Crippen LogP contribution in [0.15, 0.2) is 42.5 Å². The number of rotatable bonds is 6. The summed E-state index contributed by atoms with van der Waals surface area (Å²) in [6.07, 6.45) is 0.131. The summed E-state index contributed by atoms with van der Waals surface area (Å²) in [6, 6.07) is 14.4. The number of carbonyl (C=O) groups excluding carboxylic acids is 3. The highest BCUT2D eigenvalue weighted by molar-refractivity contribution is 6.02. The maximum atomic E-state index is 12.8. The number of urea groups is 1. The maximum absolute atomic E-state index is 12.8. The van der Waals surface area contributed by atoms with Crippen LogP contribution in [0.2, 0.25) is 0 Å². The third-order valence-corrected chi connectivity index (χ3v) is 4.85. The number of hydrogen-bond acceptors (Lipinski definition) is 5. The fourth-order valence-electron chi connectivity index (χ4n) is 3.32. The zero-order valence-electron chi connectivity index (χ0n) is 16.8. The van der Waals surface area contributed by atoms with Gasteiger partial charge in [0.15, 0.2) is 0 Å². The van der Waals surface area contributed by atoms with Crippen molar-refractivity contribution in [3.63, 3.8) is 0 Å². The van der Waals surface area contributed by atoms with Gasteiger partial charge in [-0.15, -0.1) is 0 Å². The number of methoxy groups -OCH3 is 1. The molecule has 2 aromatic carbocycles. The van der Waals surface area contributed by atoms with Gasteiger partial charge in [-0.25, -0.2) is 4.79 Å². The third-order valence-electron chi connectivity index (χ3n) is 4.85. The summed E-state index contributed by atoms with van der Waals surface area (Å²) in [6.45, 7) is 2.61. The van der Waals surface area contributed by atoms with Crippen LogP contribution in [-0.2, 0) is 14.3 Å². The molecule has 0 atom stereocenters. The summed E-state index contributed by atoms with van der Waals surface area (Å²) in [5.74, 6) is -0.616. The van der Waals surface area contributed by atoms with Crippen molar-refractivity contribution in [3.05, 3.63) is 48.0 Å². The number of hydrogen-bond donors (Lipinski definition) is 1. The lowest BCUT2D eigenvalue weighted by molar-refractivity contribution is -0.140. The Hall–Kier alpha value is -3.86. The van der Waals surface area contributed by atoms with Crippen LogP contribution in [0.25, 0.3) is 11.1 Å². The average molecular weight is 406 g/mol. The molecule has 0 unspecified atom stereocenters. The number of nitrogens with zero attached hydrogens (tertiary/aromatic N) is 3. The van der Waals surface area contributed by atoms with E-state index in [9.17, 15) is 14.4 Å². The molecule has 0 aliphatic carbocycles. The molecule has 1 aliphatic rings. The Labute approximate surface area is 174 Å². The molecule has 0 saturated carbocycles. The summed E-state index contributed by atoms with van der Waals surface area (Å²) in [5, 5.41) is 11.8. The van der Waals surface area contributed by atoms with Gasteiger partial charge in [-0.2, -0.15) is 5.26 Å². The van der Waals surface area contributed by atoms with Crippen LogP contribution >= 0.6 is 0 Å². The normalized spacial score (nSPS) is 13.2. The maximum Gasteiger partial charge on any atom is 0.324 e. The van der Waals surface area contributed by atoms with Gasteiger partial charge < -0.3 is 15.0 Å². The Bertz CT molecular complexity index is 1010. The smallest absolute Gasteiger partial charge is 0.324 e. The molecule has 1 N–H and O–H groups in total. The number of benzene rings is 2. The topological polar surface area (TPSA) is 103 Å². The van der Waals surface area contributed by atoms with E-state index in [-0.39, 0.29) is 30.9 Å². The number of esters is 1. The number of anilines is 2. The molecular formula is C22H22N4O4. The standard InChI is InChI=1S/C22H22N4O4/c1-15(27)24-19-13-18(17-5-3-16(14-23)4-6-17)7-8-20(19)26-12-11-25(22(26)29)10-9-21(28)30-2/h3-8,13H,9-12H2,1-2H3,(H,24,27). The molecule has 8 heteroatoms. The highest BCUT2D eigenvalue weighted by Crippen LogP contribution is 2.33. The van der Waals surface area contributed by atoms with E-state index in [0.717, 1.165) is 11.1 Å². The Balaban J connectivity index is 1.87. The fraction of sp³-hybridized carbons (Fsp3) is 0.273. The fourth-order valence-corrected chi connectivity index (χ4v) is 3.32. The van der Waals surface area contributed by atoms with Gasteiger partial charge in [-0.1, -0.05) is 18.2 Å². The van der Waals surface area contributed by atoms with Crippen LogP contribution in [0, 0.1) is 11.3 Å². The molecule has 2 aromatic rings. The molecule has 0 bridgehead atoms. The van der Waals surface area contributed by atoms with Gasteiger partial charge in [-0.05, 0) is 35.4 Å². The molecule has 154 valence electrons. The summed E-state index contributed by atoms with van der Waals surface area (Å²) < 4.78 is 4.63. The van der Waals surface area contributed by atoms with Crippen molar-refractivity contribution in [1.29, 1.82) is 5.26 Å². The molecule has 0 radical (unpaired) electrons. The third kappa shape index (κ3) is 4.58. The first kappa shape index (κ1) is 20.9. The second kappa shape index (κ2) is 9.09. The summed E-state index contributed by atoms with van der Waals surface area (Å²) >= 11 is 0. The van der Waals surface area contributed by atoms with Gasteiger partial charge in [0.2, 0.25) is 5.91 Å². The second-order valence-corrected chi connectivity index (χ2v) is 6.85. The molecule has 1 heterocycles. The minimum Gasteiger partial charge on any atom is -0.469 e. The number of carbonyl (C=O) groups is 3. The highest BCUT2D eigenvalue weighted by Gasteiger charge is 2.31. The molecule has 1 fully saturated rings. The number of ether oxygens (including phenoxy) is 1. The van der Waals surface area contributed by atoms with Crippen molar-refractivity contribution in [2.24, 2.45) is 0 Å². The van der Waals surface area contributed by atoms with Crippen molar-refractivity contribution in [3.8, 4) is 17.2 Å². The lowest BCUT2D eigenvalue weighted by Gasteiger charge is -2.22. The van der Waals surface area contributed by atoms with E-state index in [0.29, 0.717) is 30.0 Å². The van der Waals surface area contributed by atoms with Gasteiger partial charge in [-0.3, -0.25) is 14.5 Å². The summed E-state index contributed by atoms with van der Waals surface area (Å²) in [5.41, 5.74) is 3.41. The van der Waals surface area contributed by atoms with E-state index in [2.05, 4.69) is 16.1 Å². The van der Waals surface area contributed by atoms with Crippen molar-refractivity contribution in [1.82, 2.24) is 4.90 Å². The molecule has 0 aromatic heterocycles. The molecule has 0 spiro atoms. The minimum atomic E-state index is -0.369. The summed E-state index contributed by atoms with van der Waals surface area (Å²) in [7, 11) is 1.32. The Kier molecular flexibility index (Phi) is 6.32. The van der Waals surface area contributed by atoms with E-state index in [1.165, 1.54) is 14.0 Å². The van der Waals surface area contributed by atoms with Gasteiger partial charge in [0, 0.05) is 26.6 Å². The first-order valence-corrected chi connectivity index (χ1v) is 9.48. The predicted molar refractivity (Wildman–Crippen MR) is 112 cm³/mol. The van der Waals surface area contributed by atoms with Crippen LogP contribution in [0.3, 0.4) is 0 Å². The monoisotopic (exact) mass is 406 g/mol. The quantitative estimate of drug-likeness (QED) is 0.743. The van der Waals surface area contributed by atoms with Crippen LogP contribution < -0.4 is 10.2 Å². The lowest BCUT2D eigenvalue weighted by Crippen LogP contribution is -2.33. The van der Waals surface area contributed by atoms with Crippen LogP contribution in [0.4, 0.5) is 16.2 Å². The van der Waals surface area contributed by atoms with Gasteiger partial charge in [0.1, 0.15) is 0 Å². The average Bonchev–Trinajstić information content (AvgIpc) is 3.11. The second-order valence-electron chi connectivity index (χ2n) is 6.85. The largest absolute Gasteiger partial charge is 0.469 e. The minimum absolute atomic E-state index is 0.131. The number of nitrogens with one attached hydrogen (secondary N) is 1. The van der Waals surface area contributed by atoms with Crippen molar-refractivity contribution >= 4 is 29.3 Å². The molecule has 1 saturated heterocycles. The molecule has 3 rings (SSSR count). The van der Waals surface area contributed by atoms with Gasteiger partial charge in [0.25, 0.3) is 0 Å². The van der Waals surface area contributed by atoms with Crippen LogP contribution in [0.5, 0.6) is 0 Å². The Morgan fingerprint density at radius 2 is 1.83 bits per heavy atom. The van der Waals surface area contributed by atoms with E-state index >= 15 is 0 Å². The van der Waals surface area contributed by atoms with Gasteiger partial charge in [0.05, 0.1) is 36.5 Å². The molecule has 1 aliphatic heterocycles. The molecular weight excluding hydrogens is 384 g/mol. The van der Waals surface area contributed by atoms with E-state index in [4.69, 9.17) is 5.26 Å². The molecule has 3 amide bonds. The van der Waals surface area contributed by atoms with E-state index < -0.39 is 0 Å². The SMILES string of the molecule is COC(=O)CCN1CCN(c2ccc(-c3ccc(C#N)cc3)cc2NC(C)=O)C1=O.